The third-order valence-corrected chi connectivity index (χ3v) is 3.53. The standard InChI is InChI=1S/C17H24F6O4/c1-9(2)7-12(26-13(24)10(3)4)8-15(16(18,19)20,17(21,22)23)27-14(25)11(5)6/h9,11-12H,3,7-8H2,1-2,4-6H3. The van der Waals surface area contributed by atoms with Gasteiger partial charge in [-0.2, -0.15) is 26.3 Å². The van der Waals surface area contributed by atoms with Crippen LogP contribution >= 0.6 is 0 Å². The second kappa shape index (κ2) is 8.97. The molecule has 0 aliphatic carbocycles. The lowest BCUT2D eigenvalue weighted by molar-refractivity contribution is -0.376. The number of ether oxygens (including phenoxy) is 2. The molecule has 0 bridgehead atoms. The van der Waals surface area contributed by atoms with Crippen LogP contribution in [0.2, 0.25) is 0 Å². The monoisotopic (exact) mass is 406 g/mol. The number of carbonyl (C=O) groups excluding carboxylic acids is 2. The van der Waals surface area contributed by atoms with Crippen LogP contribution in [-0.4, -0.2) is 36.0 Å². The molecule has 0 saturated carbocycles. The van der Waals surface area contributed by atoms with E-state index in [1.165, 1.54) is 20.8 Å². The summed E-state index contributed by atoms with van der Waals surface area (Å²) in [5.41, 5.74) is -4.98. The predicted octanol–water partition coefficient (Wildman–Crippen LogP) is 4.97. The van der Waals surface area contributed by atoms with Crippen molar-refractivity contribution >= 4 is 11.9 Å². The van der Waals surface area contributed by atoms with Crippen LogP contribution in [0, 0.1) is 11.8 Å². The normalized spacial score (nSPS) is 14.3. The van der Waals surface area contributed by atoms with Gasteiger partial charge in [0.1, 0.15) is 6.10 Å². The van der Waals surface area contributed by atoms with E-state index in [0.29, 0.717) is 0 Å². The molecule has 0 heterocycles. The number of alkyl halides is 6. The molecule has 158 valence electrons. The van der Waals surface area contributed by atoms with Crippen LogP contribution in [-0.2, 0) is 19.1 Å². The van der Waals surface area contributed by atoms with Crippen molar-refractivity contribution in [3.8, 4) is 0 Å². The SMILES string of the molecule is C=C(C)C(=O)OC(CC(C)C)CC(OC(=O)C(C)C)(C(F)(F)F)C(F)(F)F. The topological polar surface area (TPSA) is 52.6 Å². The van der Waals surface area contributed by atoms with E-state index < -0.39 is 54.3 Å². The van der Waals surface area contributed by atoms with Gasteiger partial charge in [-0.1, -0.05) is 34.3 Å². The van der Waals surface area contributed by atoms with Gasteiger partial charge < -0.3 is 9.47 Å². The molecule has 0 radical (unpaired) electrons. The molecular formula is C17H24F6O4. The second-order valence-corrected chi connectivity index (χ2v) is 7.04. The molecule has 0 N–H and O–H groups in total. The van der Waals surface area contributed by atoms with E-state index in [0.717, 1.165) is 13.8 Å². The van der Waals surface area contributed by atoms with Crippen LogP contribution in [0.5, 0.6) is 0 Å². The molecule has 0 aliphatic rings. The van der Waals surface area contributed by atoms with Gasteiger partial charge in [0, 0.05) is 12.0 Å². The van der Waals surface area contributed by atoms with Crippen molar-refractivity contribution in [2.24, 2.45) is 11.8 Å². The van der Waals surface area contributed by atoms with Crippen molar-refractivity contribution in [3.05, 3.63) is 12.2 Å². The number of esters is 2. The predicted molar refractivity (Wildman–Crippen MR) is 84.5 cm³/mol. The summed E-state index contributed by atoms with van der Waals surface area (Å²) in [7, 11) is 0. The molecule has 1 unspecified atom stereocenters. The maximum Gasteiger partial charge on any atom is 0.437 e. The summed E-state index contributed by atoms with van der Waals surface area (Å²) in [6.45, 7) is 9.72. The van der Waals surface area contributed by atoms with Crippen LogP contribution in [0.3, 0.4) is 0 Å². The van der Waals surface area contributed by atoms with Crippen molar-refractivity contribution in [2.75, 3.05) is 0 Å². The molecule has 0 aliphatic heterocycles. The Hall–Kier alpha value is -1.74. The number of hydrogen-bond acceptors (Lipinski definition) is 4. The Morgan fingerprint density at radius 3 is 1.70 bits per heavy atom. The average Bonchev–Trinajstić information content (AvgIpc) is 2.42. The van der Waals surface area contributed by atoms with Crippen LogP contribution < -0.4 is 0 Å². The molecule has 0 fully saturated rings. The van der Waals surface area contributed by atoms with E-state index in [1.54, 1.807) is 0 Å². The number of carbonyl (C=O) groups is 2. The van der Waals surface area contributed by atoms with Crippen LogP contribution in [0.4, 0.5) is 26.3 Å². The lowest BCUT2D eigenvalue weighted by atomic mass is 9.90. The Morgan fingerprint density at radius 2 is 1.41 bits per heavy atom. The van der Waals surface area contributed by atoms with Gasteiger partial charge in [-0.3, -0.25) is 4.79 Å². The molecule has 0 saturated heterocycles. The average molecular weight is 406 g/mol. The van der Waals surface area contributed by atoms with Crippen molar-refractivity contribution in [1.29, 1.82) is 0 Å². The Labute approximate surface area is 153 Å². The molecule has 27 heavy (non-hydrogen) atoms. The van der Waals surface area contributed by atoms with E-state index >= 15 is 0 Å². The quantitative estimate of drug-likeness (QED) is 0.324. The van der Waals surface area contributed by atoms with Gasteiger partial charge in [-0.15, -0.1) is 0 Å². The largest absolute Gasteiger partial charge is 0.459 e. The molecule has 4 nitrogen and oxygen atoms in total. The van der Waals surface area contributed by atoms with E-state index in [-0.39, 0.29) is 12.0 Å². The summed E-state index contributed by atoms with van der Waals surface area (Å²) in [4.78, 5) is 23.3. The first-order valence-corrected chi connectivity index (χ1v) is 8.17. The van der Waals surface area contributed by atoms with Crippen LogP contribution in [0.25, 0.3) is 0 Å². The van der Waals surface area contributed by atoms with E-state index in [1.807, 2.05) is 0 Å². The van der Waals surface area contributed by atoms with E-state index in [4.69, 9.17) is 4.74 Å². The Morgan fingerprint density at radius 1 is 0.963 bits per heavy atom. The summed E-state index contributed by atoms with van der Waals surface area (Å²) >= 11 is 0. The summed E-state index contributed by atoms with van der Waals surface area (Å²) < 4.78 is 90.0. The summed E-state index contributed by atoms with van der Waals surface area (Å²) in [5, 5.41) is 0. The number of hydrogen-bond donors (Lipinski definition) is 0. The highest BCUT2D eigenvalue weighted by Gasteiger charge is 2.74. The summed E-state index contributed by atoms with van der Waals surface area (Å²) in [6.07, 6.45) is -15.8. The van der Waals surface area contributed by atoms with Gasteiger partial charge in [0.15, 0.2) is 0 Å². The van der Waals surface area contributed by atoms with E-state index in [9.17, 15) is 35.9 Å². The third-order valence-electron chi connectivity index (χ3n) is 3.53. The Bertz CT molecular complexity index is 535. The molecular weight excluding hydrogens is 382 g/mol. The number of halogens is 6. The Balaban J connectivity index is 6.17. The second-order valence-electron chi connectivity index (χ2n) is 7.04. The zero-order valence-corrected chi connectivity index (χ0v) is 15.8. The minimum atomic E-state index is -5.97. The molecule has 0 amide bonds. The minimum Gasteiger partial charge on any atom is -0.459 e. The van der Waals surface area contributed by atoms with Crippen LogP contribution in [0.15, 0.2) is 12.2 Å². The fourth-order valence-corrected chi connectivity index (χ4v) is 2.11. The lowest BCUT2D eigenvalue weighted by Crippen LogP contribution is -2.61. The molecule has 0 aromatic rings. The highest BCUT2D eigenvalue weighted by Crippen LogP contribution is 2.50. The molecule has 0 aromatic heterocycles. The zero-order valence-electron chi connectivity index (χ0n) is 15.8. The molecule has 1 atom stereocenters. The first-order chi connectivity index (χ1) is 11.9. The highest BCUT2D eigenvalue weighted by molar-refractivity contribution is 5.87. The Kier molecular flexibility index (Phi) is 8.39. The van der Waals surface area contributed by atoms with Crippen molar-refractivity contribution in [2.45, 2.75) is 71.5 Å². The summed E-state index contributed by atoms with van der Waals surface area (Å²) in [6, 6.07) is 0. The molecule has 10 heteroatoms. The van der Waals surface area contributed by atoms with Gasteiger partial charge in [0.2, 0.25) is 0 Å². The van der Waals surface area contributed by atoms with Crippen molar-refractivity contribution in [1.82, 2.24) is 0 Å². The van der Waals surface area contributed by atoms with Gasteiger partial charge in [-0.05, 0) is 19.3 Å². The fraction of sp³-hybridized carbons (Fsp3) is 0.765. The first kappa shape index (κ1) is 25.3. The molecule has 0 spiro atoms. The maximum absolute atomic E-state index is 13.5. The highest BCUT2D eigenvalue weighted by atomic mass is 19.4. The van der Waals surface area contributed by atoms with Crippen molar-refractivity contribution in [3.63, 3.8) is 0 Å². The third kappa shape index (κ3) is 6.73. The first-order valence-electron chi connectivity index (χ1n) is 8.17. The maximum atomic E-state index is 13.5. The van der Waals surface area contributed by atoms with Gasteiger partial charge in [0.05, 0.1) is 5.92 Å². The van der Waals surface area contributed by atoms with Gasteiger partial charge in [0.25, 0.3) is 0 Å². The smallest absolute Gasteiger partial charge is 0.437 e. The molecule has 0 rings (SSSR count). The van der Waals surface area contributed by atoms with Crippen LogP contribution in [0.1, 0.15) is 47.5 Å². The van der Waals surface area contributed by atoms with E-state index in [2.05, 4.69) is 11.3 Å². The zero-order chi connectivity index (χ0) is 21.8. The van der Waals surface area contributed by atoms with Crippen molar-refractivity contribution < 1.29 is 45.4 Å². The lowest BCUT2D eigenvalue weighted by Gasteiger charge is -2.39. The van der Waals surface area contributed by atoms with Gasteiger partial charge >= 0.3 is 29.9 Å². The minimum absolute atomic E-state index is 0.187. The van der Waals surface area contributed by atoms with Gasteiger partial charge in [-0.25, -0.2) is 4.79 Å². The number of rotatable bonds is 8. The molecule has 0 aromatic carbocycles. The summed E-state index contributed by atoms with van der Waals surface area (Å²) in [5.74, 6) is -4.42. The fourth-order valence-electron chi connectivity index (χ4n) is 2.11.